The smallest absolute Gasteiger partial charge is 0.326 e. The molecule has 0 amide bonds. The van der Waals surface area contributed by atoms with Gasteiger partial charge in [-0.3, -0.25) is 9.59 Å². The van der Waals surface area contributed by atoms with Crippen molar-refractivity contribution in [3.63, 3.8) is 0 Å². The molecule has 0 aromatic heterocycles. The minimum Gasteiger partial charge on any atom is -0.422 e. The number of benzene rings is 1. The van der Waals surface area contributed by atoms with Gasteiger partial charge in [0.2, 0.25) is 0 Å². The van der Waals surface area contributed by atoms with E-state index < -0.39 is 11.9 Å². The van der Waals surface area contributed by atoms with Gasteiger partial charge in [0.15, 0.2) is 11.5 Å². The van der Waals surface area contributed by atoms with E-state index in [1.165, 1.54) is 12.1 Å². The van der Waals surface area contributed by atoms with Crippen LogP contribution in [-0.4, -0.2) is 23.7 Å². The number of ether oxygens (including phenoxy) is 2. The van der Waals surface area contributed by atoms with Crippen LogP contribution in [0.4, 0.5) is 0 Å². The van der Waals surface area contributed by atoms with Crippen molar-refractivity contribution in [1.29, 1.82) is 0 Å². The number of halogens is 2. The first-order valence-electron chi connectivity index (χ1n) is 4.29. The van der Waals surface area contributed by atoms with E-state index in [9.17, 15) is 9.59 Å². The summed E-state index contributed by atoms with van der Waals surface area (Å²) >= 11 is 10.6. The molecule has 0 unspecified atom stereocenters. The maximum absolute atomic E-state index is 11.0. The number of hydrogen-bond donors (Lipinski definition) is 0. The molecule has 0 spiro atoms. The number of rotatable bonds is 4. The molecule has 0 bridgehead atoms. The van der Waals surface area contributed by atoms with Crippen LogP contribution in [0, 0.1) is 0 Å². The van der Waals surface area contributed by atoms with E-state index in [0.717, 1.165) is 0 Å². The summed E-state index contributed by atoms with van der Waals surface area (Å²) in [5.74, 6) is -1.56. The third kappa shape index (κ3) is 3.72. The molecule has 0 aliphatic carbocycles. The van der Waals surface area contributed by atoms with Gasteiger partial charge in [-0.2, -0.15) is 0 Å². The summed E-state index contributed by atoms with van der Waals surface area (Å²) in [5.41, 5.74) is 0. The fraction of sp³-hybridized carbons (Fsp3) is 0.200. The third-order valence-electron chi connectivity index (χ3n) is 1.51. The fourth-order valence-corrected chi connectivity index (χ4v) is 1.03. The van der Waals surface area contributed by atoms with Crippen LogP contribution in [0.5, 0.6) is 11.5 Å². The van der Waals surface area contributed by atoms with Crippen LogP contribution >= 0.6 is 23.2 Å². The van der Waals surface area contributed by atoms with E-state index >= 15 is 0 Å². The molecule has 0 heterocycles. The minimum absolute atomic E-state index is 0.131. The molecule has 0 atom stereocenters. The molecule has 1 rings (SSSR count). The summed E-state index contributed by atoms with van der Waals surface area (Å²) < 4.78 is 9.70. The zero-order valence-corrected chi connectivity index (χ0v) is 9.62. The van der Waals surface area contributed by atoms with Crippen molar-refractivity contribution in [3.05, 3.63) is 24.3 Å². The van der Waals surface area contributed by atoms with Gasteiger partial charge < -0.3 is 9.47 Å². The topological polar surface area (TPSA) is 52.6 Å². The molecule has 1 aromatic rings. The number of carbonyl (C=O) groups excluding carboxylic acids is 2. The second-order valence-electron chi connectivity index (χ2n) is 2.66. The third-order valence-corrected chi connectivity index (χ3v) is 1.95. The van der Waals surface area contributed by atoms with Gasteiger partial charge in [0, 0.05) is 0 Å². The second kappa shape index (κ2) is 6.35. The van der Waals surface area contributed by atoms with Crippen molar-refractivity contribution in [2.75, 3.05) is 11.8 Å². The lowest BCUT2D eigenvalue weighted by Crippen LogP contribution is -2.13. The molecule has 0 fully saturated rings. The van der Waals surface area contributed by atoms with Gasteiger partial charge in [-0.1, -0.05) is 12.1 Å². The first kappa shape index (κ1) is 12.8. The molecule has 1 aromatic carbocycles. The molecular weight excluding hydrogens is 255 g/mol. The standard InChI is InChI=1S/C10H8Cl2O4/c11-5-9(13)15-7-3-1-2-4-8(7)16-10(14)6-12/h1-4H,5-6H2. The minimum atomic E-state index is -0.629. The van der Waals surface area contributed by atoms with Gasteiger partial charge in [-0.05, 0) is 12.1 Å². The van der Waals surface area contributed by atoms with Crippen LogP contribution in [0.3, 0.4) is 0 Å². The van der Waals surface area contributed by atoms with Crippen LogP contribution in [0.15, 0.2) is 24.3 Å². The maximum atomic E-state index is 11.0. The highest BCUT2D eigenvalue weighted by atomic mass is 35.5. The number of hydrogen-bond acceptors (Lipinski definition) is 4. The summed E-state index contributed by atoms with van der Waals surface area (Å²) in [6.07, 6.45) is 0. The first-order valence-corrected chi connectivity index (χ1v) is 5.36. The molecule has 6 heteroatoms. The lowest BCUT2D eigenvalue weighted by molar-refractivity contribution is -0.134. The lowest BCUT2D eigenvalue weighted by Gasteiger charge is -2.08. The molecule has 0 radical (unpaired) electrons. The van der Waals surface area contributed by atoms with E-state index in [4.69, 9.17) is 32.7 Å². The highest BCUT2D eigenvalue weighted by Gasteiger charge is 2.11. The number of esters is 2. The zero-order valence-electron chi connectivity index (χ0n) is 8.11. The molecule has 4 nitrogen and oxygen atoms in total. The van der Waals surface area contributed by atoms with Crippen molar-refractivity contribution in [1.82, 2.24) is 0 Å². The Morgan fingerprint density at radius 1 is 0.938 bits per heavy atom. The fourth-order valence-electron chi connectivity index (χ4n) is 0.919. The van der Waals surface area contributed by atoms with Gasteiger partial charge in [0.25, 0.3) is 0 Å². The Balaban J connectivity index is 2.83. The van der Waals surface area contributed by atoms with E-state index in [0.29, 0.717) is 0 Å². The molecule has 0 aliphatic rings. The Kier molecular flexibility index (Phi) is 5.08. The van der Waals surface area contributed by atoms with E-state index in [2.05, 4.69) is 0 Å². The summed E-state index contributed by atoms with van der Waals surface area (Å²) in [4.78, 5) is 21.9. The highest BCUT2D eigenvalue weighted by Crippen LogP contribution is 2.26. The van der Waals surface area contributed by atoms with Gasteiger partial charge in [-0.15, -0.1) is 23.2 Å². The highest BCUT2D eigenvalue weighted by molar-refractivity contribution is 6.27. The Morgan fingerprint density at radius 3 is 1.62 bits per heavy atom. The first-order chi connectivity index (χ1) is 7.67. The summed E-state index contributed by atoms with van der Waals surface area (Å²) in [5, 5.41) is 0. The molecule has 16 heavy (non-hydrogen) atoms. The van der Waals surface area contributed by atoms with Gasteiger partial charge in [0.1, 0.15) is 11.8 Å². The van der Waals surface area contributed by atoms with Crippen molar-refractivity contribution in [2.45, 2.75) is 0 Å². The van der Waals surface area contributed by atoms with Gasteiger partial charge in [0.05, 0.1) is 0 Å². The largest absolute Gasteiger partial charge is 0.422 e. The van der Waals surface area contributed by atoms with E-state index in [1.54, 1.807) is 12.1 Å². The predicted molar refractivity (Wildman–Crippen MR) is 59.2 cm³/mol. The normalized spacial score (nSPS) is 9.62. The molecule has 86 valence electrons. The van der Waals surface area contributed by atoms with Crippen LogP contribution < -0.4 is 9.47 Å². The van der Waals surface area contributed by atoms with Crippen molar-refractivity contribution in [3.8, 4) is 11.5 Å². The number of para-hydroxylation sites is 2. The molecule has 0 aliphatic heterocycles. The maximum Gasteiger partial charge on any atom is 0.326 e. The van der Waals surface area contributed by atoms with Crippen LogP contribution in [0.2, 0.25) is 0 Å². The Hall–Kier alpha value is -1.26. The molecular formula is C10H8Cl2O4. The Bertz CT molecular complexity index is 355. The van der Waals surface area contributed by atoms with E-state index in [-0.39, 0.29) is 23.3 Å². The SMILES string of the molecule is O=C(CCl)Oc1ccccc1OC(=O)CCl. The Labute approximate surface area is 102 Å². The van der Waals surface area contributed by atoms with Crippen molar-refractivity contribution >= 4 is 35.1 Å². The molecule has 0 saturated heterocycles. The van der Waals surface area contributed by atoms with Crippen molar-refractivity contribution in [2.24, 2.45) is 0 Å². The van der Waals surface area contributed by atoms with Crippen LogP contribution in [-0.2, 0) is 9.59 Å². The van der Waals surface area contributed by atoms with E-state index in [1.807, 2.05) is 0 Å². The van der Waals surface area contributed by atoms with Crippen LogP contribution in [0.1, 0.15) is 0 Å². The second-order valence-corrected chi connectivity index (χ2v) is 3.20. The predicted octanol–water partition coefficient (Wildman–Crippen LogP) is 1.97. The summed E-state index contributed by atoms with van der Waals surface area (Å²) in [7, 11) is 0. The molecule has 0 N–H and O–H groups in total. The Morgan fingerprint density at radius 2 is 1.31 bits per heavy atom. The van der Waals surface area contributed by atoms with Gasteiger partial charge >= 0.3 is 11.9 Å². The average molecular weight is 263 g/mol. The van der Waals surface area contributed by atoms with Gasteiger partial charge in [-0.25, -0.2) is 0 Å². The van der Waals surface area contributed by atoms with Crippen molar-refractivity contribution < 1.29 is 19.1 Å². The number of carbonyl (C=O) groups is 2. The summed E-state index contributed by atoms with van der Waals surface area (Å²) in [6, 6.07) is 6.24. The summed E-state index contributed by atoms with van der Waals surface area (Å²) in [6.45, 7) is 0. The monoisotopic (exact) mass is 262 g/mol. The van der Waals surface area contributed by atoms with Crippen LogP contribution in [0.25, 0.3) is 0 Å². The average Bonchev–Trinajstić information content (AvgIpc) is 2.31. The molecule has 0 saturated carbocycles. The lowest BCUT2D eigenvalue weighted by atomic mass is 10.3. The number of alkyl halides is 2. The quantitative estimate of drug-likeness (QED) is 0.473. The zero-order chi connectivity index (χ0) is 12.0.